The second-order valence-corrected chi connectivity index (χ2v) is 4.82. The minimum Gasteiger partial charge on any atom is -0.496 e. The maximum atomic E-state index is 5.36. The van der Waals surface area contributed by atoms with Gasteiger partial charge in [-0.05, 0) is 29.9 Å². The van der Waals surface area contributed by atoms with Gasteiger partial charge in [-0.3, -0.25) is 0 Å². The lowest BCUT2D eigenvalue weighted by Crippen LogP contribution is -2.13. The van der Waals surface area contributed by atoms with Crippen LogP contribution in [0.15, 0.2) is 24.3 Å². The molecule has 2 heteroatoms. The second kappa shape index (κ2) is 6.16. The Balaban J connectivity index is 2.78. The van der Waals surface area contributed by atoms with Crippen molar-refractivity contribution < 1.29 is 4.74 Å². The highest BCUT2D eigenvalue weighted by molar-refractivity contribution is 9.09. The van der Waals surface area contributed by atoms with Crippen LogP contribution in [0.4, 0.5) is 0 Å². The molecule has 84 valence electrons. The van der Waals surface area contributed by atoms with Crippen LogP contribution in [0.5, 0.6) is 5.75 Å². The number of alkyl halides is 1. The number of benzene rings is 1. The van der Waals surface area contributed by atoms with Crippen LogP contribution in [-0.2, 0) is 6.42 Å². The molecule has 0 aromatic heterocycles. The van der Waals surface area contributed by atoms with Crippen molar-refractivity contribution in [2.24, 2.45) is 11.8 Å². The highest BCUT2D eigenvalue weighted by Crippen LogP contribution is 2.25. The third-order valence-electron chi connectivity index (χ3n) is 2.82. The summed E-state index contributed by atoms with van der Waals surface area (Å²) >= 11 is 3.58. The Morgan fingerprint density at radius 2 is 1.93 bits per heavy atom. The minimum absolute atomic E-state index is 0.668. The maximum Gasteiger partial charge on any atom is 0.122 e. The Bertz CT molecular complexity index is 296. The van der Waals surface area contributed by atoms with E-state index in [1.165, 1.54) is 5.56 Å². The van der Waals surface area contributed by atoms with E-state index in [1.54, 1.807) is 7.11 Å². The quantitative estimate of drug-likeness (QED) is 0.738. The molecule has 0 radical (unpaired) electrons. The van der Waals surface area contributed by atoms with E-state index in [-0.39, 0.29) is 0 Å². The van der Waals surface area contributed by atoms with Gasteiger partial charge in [-0.15, -0.1) is 0 Å². The molecule has 0 bridgehead atoms. The van der Waals surface area contributed by atoms with E-state index >= 15 is 0 Å². The Hall–Kier alpha value is -0.500. The lowest BCUT2D eigenvalue weighted by Gasteiger charge is -2.19. The van der Waals surface area contributed by atoms with Gasteiger partial charge in [0.05, 0.1) is 7.11 Å². The standard InChI is InChI=1S/C13H19BrO/c1-10(2)12(9-14)8-11-6-4-5-7-13(11)15-3/h4-7,10,12H,8-9H2,1-3H3. The van der Waals surface area contributed by atoms with Crippen LogP contribution in [-0.4, -0.2) is 12.4 Å². The first-order valence-electron chi connectivity index (χ1n) is 5.37. The van der Waals surface area contributed by atoms with Gasteiger partial charge in [0.25, 0.3) is 0 Å². The number of halogens is 1. The molecule has 0 aliphatic carbocycles. The van der Waals surface area contributed by atoms with E-state index in [4.69, 9.17) is 4.74 Å². The Kier molecular flexibility index (Phi) is 5.16. The van der Waals surface area contributed by atoms with Crippen LogP contribution in [0.25, 0.3) is 0 Å². The summed E-state index contributed by atoms with van der Waals surface area (Å²) < 4.78 is 5.36. The number of rotatable bonds is 5. The summed E-state index contributed by atoms with van der Waals surface area (Å²) in [7, 11) is 1.73. The van der Waals surface area contributed by atoms with Crippen LogP contribution in [0.3, 0.4) is 0 Å². The average molecular weight is 271 g/mol. The first-order valence-corrected chi connectivity index (χ1v) is 6.49. The van der Waals surface area contributed by atoms with Crippen molar-refractivity contribution in [3.8, 4) is 5.75 Å². The molecule has 0 spiro atoms. The van der Waals surface area contributed by atoms with Crippen molar-refractivity contribution in [2.75, 3.05) is 12.4 Å². The molecule has 0 saturated heterocycles. The van der Waals surface area contributed by atoms with E-state index in [1.807, 2.05) is 12.1 Å². The van der Waals surface area contributed by atoms with Gasteiger partial charge in [-0.25, -0.2) is 0 Å². The van der Waals surface area contributed by atoms with Crippen molar-refractivity contribution in [1.82, 2.24) is 0 Å². The Morgan fingerprint density at radius 3 is 2.47 bits per heavy atom. The molecule has 1 atom stereocenters. The highest BCUT2D eigenvalue weighted by atomic mass is 79.9. The maximum absolute atomic E-state index is 5.36. The number of hydrogen-bond acceptors (Lipinski definition) is 1. The second-order valence-electron chi connectivity index (χ2n) is 4.17. The van der Waals surface area contributed by atoms with E-state index in [9.17, 15) is 0 Å². The zero-order valence-electron chi connectivity index (χ0n) is 9.66. The molecule has 0 N–H and O–H groups in total. The molecular formula is C13H19BrO. The number of ether oxygens (including phenoxy) is 1. The van der Waals surface area contributed by atoms with Gasteiger partial charge in [0.15, 0.2) is 0 Å². The number of hydrogen-bond donors (Lipinski definition) is 0. The fraction of sp³-hybridized carbons (Fsp3) is 0.538. The van der Waals surface area contributed by atoms with Gasteiger partial charge >= 0.3 is 0 Å². The van der Waals surface area contributed by atoms with Gasteiger partial charge in [0.1, 0.15) is 5.75 Å². The zero-order chi connectivity index (χ0) is 11.3. The largest absolute Gasteiger partial charge is 0.496 e. The normalized spacial score (nSPS) is 12.9. The highest BCUT2D eigenvalue weighted by Gasteiger charge is 2.14. The molecule has 1 rings (SSSR count). The molecule has 1 unspecified atom stereocenters. The average Bonchev–Trinajstić information content (AvgIpc) is 2.25. The van der Waals surface area contributed by atoms with Gasteiger partial charge in [0, 0.05) is 5.33 Å². The number of methoxy groups -OCH3 is 1. The van der Waals surface area contributed by atoms with Crippen LogP contribution >= 0.6 is 15.9 Å². The summed E-state index contributed by atoms with van der Waals surface area (Å²) in [6, 6.07) is 8.27. The molecule has 15 heavy (non-hydrogen) atoms. The first-order chi connectivity index (χ1) is 7.19. The number of para-hydroxylation sites is 1. The zero-order valence-corrected chi connectivity index (χ0v) is 11.3. The lowest BCUT2D eigenvalue weighted by molar-refractivity contribution is 0.390. The summed E-state index contributed by atoms with van der Waals surface area (Å²) in [6.07, 6.45) is 1.08. The lowest BCUT2D eigenvalue weighted by atomic mass is 9.91. The minimum atomic E-state index is 0.668. The third kappa shape index (κ3) is 3.53. The predicted octanol–water partition coefficient (Wildman–Crippen LogP) is 3.90. The van der Waals surface area contributed by atoms with Crippen molar-refractivity contribution in [3.63, 3.8) is 0 Å². The van der Waals surface area contributed by atoms with Crippen LogP contribution in [0.1, 0.15) is 19.4 Å². The van der Waals surface area contributed by atoms with Crippen molar-refractivity contribution in [3.05, 3.63) is 29.8 Å². The SMILES string of the molecule is COc1ccccc1CC(CBr)C(C)C. The molecule has 0 amide bonds. The van der Waals surface area contributed by atoms with Crippen molar-refractivity contribution >= 4 is 15.9 Å². The third-order valence-corrected chi connectivity index (χ3v) is 3.65. The molecule has 1 aromatic carbocycles. The van der Waals surface area contributed by atoms with E-state index in [0.717, 1.165) is 17.5 Å². The fourth-order valence-corrected chi connectivity index (χ4v) is 2.60. The topological polar surface area (TPSA) is 9.23 Å². The monoisotopic (exact) mass is 270 g/mol. The summed E-state index contributed by atoms with van der Waals surface area (Å²) in [5, 5.41) is 1.04. The van der Waals surface area contributed by atoms with Crippen molar-refractivity contribution in [1.29, 1.82) is 0 Å². The summed E-state index contributed by atoms with van der Waals surface area (Å²) in [4.78, 5) is 0. The van der Waals surface area contributed by atoms with Gasteiger partial charge in [-0.1, -0.05) is 48.0 Å². The first kappa shape index (κ1) is 12.6. The van der Waals surface area contributed by atoms with Gasteiger partial charge < -0.3 is 4.74 Å². The van der Waals surface area contributed by atoms with E-state index in [0.29, 0.717) is 11.8 Å². The molecule has 0 aliphatic rings. The predicted molar refractivity (Wildman–Crippen MR) is 68.8 cm³/mol. The summed E-state index contributed by atoms with van der Waals surface area (Å²) in [6.45, 7) is 4.53. The molecule has 0 saturated carbocycles. The molecule has 0 fully saturated rings. The van der Waals surface area contributed by atoms with Crippen LogP contribution < -0.4 is 4.74 Å². The molecule has 1 nitrogen and oxygen atoms in total. The molecule has 0 aliphatic heterocycles. The van der Waals surface area contributed by atoms with Gasteiger partial charge in [-0.2, -0.15) is 0 Å². The summed E-state index contributed by atoms with van der Waals surface area (Å²) in [5.41, 5.74) is 1.30. The Morgan fingerprint density at radius 1 is 1.27 bits per heavy atom. The van der Waals surface area contributed by atoms with Crippen LogP contribution in [0.2, 0.25) is 0 Å². The van der Waals surface area contributed by atoms with E-state index in [2.05, 4.69) is 41.9 Å². The fourth-order valence-electron chi connectivity index (χ4n) is 1.62. The Labute approximate surface area is 101 Å². The smallest absolute Gasteiger partial charge is 0.122 e. The van der Waals surface area contributed by atoms with Crippen molar-refractivity contribution in [2.45, 2.75) is 20.3 Å². The van der Waals surface area contributed by atoms with E-state index < -0.39 is 0 Å². The molecular weight excluding hydrogens is 252 g/mol. The molecule has 0 heterocycles. The summed E-state index contributed by atoms with van der Waals surface area (Å²) in [5.74, 6) is 2.36. The molecule has 1 aromatic rings. The van der Waals surface area contributed by atoms with Gasteiger partial charge in [0.2, 0.25) is 0 Å². The van der Waals surface area contributed by atoms with Crippen LogP contribution in [0, 0.1) is 11.8 Å².